The molecular weight excluding hydrogens is 581 g/mol. The van der Waals surface area contributed by atoms with Crippen molar-refractivity contribution in [2.45, 2.75) is 196 Å². The van der Waals surface area contributed by atoms with E-state index >= 15 is 0 Å². The number of hydrogen-bond donors (Lipinski definition) is 0. The summed E-state index contributed by atoms with van der Waals surface area (Å²) in [6, 6.07) is 0. The number of rotatable bonds is 9. The van der Waals surface area contributed by atoms with E-state index in [4.69, 9.17) is 8.85 Å². The van der Waals surface area contributed by atoms with Gasteiger partial charge in [-0.15, -0.1) is 0 Å². The first kappa shape index (κ1) is 37.9. The molecule has 0 radical (unpaired) electrons. The molecule has 0 aromatic heterocycles. The molecule has 0 N–H and O–H groups in total. The van der Waals surface area contributed by atoms with Crippen molar-refractivity contribution in [2.24, 2.45) is 51.8 Å². The standard InChI is InChI=1S/C41H78O2Si2/c1-28(2)19-18-20-29(3)36-33(42-44(14,15)37(4,5)6)27-32-30-21-22-34-39(10,11)35(43-45(16,17)38(7,8)9)24-26-40(34,12)31(30)23-25-41(32,36)13/h22,28-33,35-36H,18-21,23-27H2,1-17H3/t29-,30-,31+,32+,33+,35+,36+,40-,41+/m1/s1. The van der Waals surface area contributed by atoms with Gasteiger partial charge in [0, 0.05) is 11.5 Å². The molecule has 0 heterocycles. The fraction of sp³-hybridized carbons (Fsp3) is 0.951. The summed E-state index contributed by atoms with van der Waals surface area (Å²) in [5.74, 6) is 4.60. The SMILES string of the molecule is CC(C)CCC[C@@H](C)[C@H]1[C@@H](O[Si](C)(C)C(C)(C)C)C[C@H]2[C@@H]3CC=C4C(C)(C)[C@@H](O[Si](C)(C)C(C)(C)C)CC[C@]4(C)[C@H]3CC[C@]12C. The van der Waals surface area contributed by atoms with E-state index in [1.807, 2.05) is 0 Å². The van der Waals surface area contributed by atoms with Crippen LogP contribution in [0.15, 0.2) is 11.6 Å². The van der Waals surface area contributed by atoms with E-state index in [0.717, 1.165) is 29.6 Å². The van der Waals surface area contributed by atoms with Crippen LogP contribution >= 0.6 is 0 Å². The lowest BCUT2D eigenvalue weighted by Gasteiger charge is -2.62. The van der Waals surface area contributed by atoms with Crippen LogP contribution in [-0.2, 0) is 8.85 Å². The Balaban J connectivity index is 1.66. The maximum Gasteiger partial charge on any atom is 0.192 e. The minimum Gasteiger partial charge on any atom is -0.414 e. The van der Waals surface area contributed by atoms with Gasteiger partial charge in [-0.25, -0.2) is 0 Å². The summed E-state index contributed by atoms with van der Waals surface area (Å²) < 4.78 is 14.8. The molecular formula is C41H78O2Si2. The molecule has 0 saturated heterocycles. The molecule has 0 bridgehead atoms. The highest BCUT2D eigenvalue weighted by Crippen LogP contribution is 2.70. The van der Waals surface area contributed by atoms with Crippen molar-refractivity contribution in [3.63, 3.8) is 0 Å². The zero-order chi connectivity index (χ0) is 34.2. The minimum atomic E-state index is -1.87. The number of allylic oxidation sites excluding steroid dienone is 1. The van der Waals surface area contributed by atoms with Crippen LogP contribution < -0.4 is 0 Å². The third-order valence-corrected chi connectivity index (χ3v) is 24.5. The average molecular weight is 659 g/mol. The van der Waals surface area contributed by atoms with Crippen LogP contribution in [0.3, 0.4) is 0 Å². The second kappa shape index (κ2) is 12.5. The molecule has 0 aliphatic heterocycles. The van der Waals surface area contributed by atoms with Crippen LogP contribution in [0.2, 0.25) is 36.3 Å². The molecule has 262 valence electrons. The Kier molecular flexibility index (Phi) is 10.5. The van der Waals surface area contributed by atoms with Crippen LogP contribution in [0, 0.1) is 51.8 Å². The highest BCUT2D eigenvalue weighted by molar-refractivity contribution is 6.74. The van der Waals surface area contributed by atoms with Gasteiger partial charge >= 0.3 is 0 Å². The van der Waals surface area contributed by atoms with Gasteiger partial charge in [0.05, 0.1) is 6.10 Å². The molecule has 0 spiro atoms. The Morgan fingerprint density at radius 1 is 0.800 bits per heavy atom. The lowest BCUT2D eigenvalue weighted by Crippen LogP contribution is -2.57. The molecule has 2 nitrogen and oxygen atoms in total. The smallest absolute Gasteiger partial charge is 0.192 e. The molecule has 0 aromatic carbocycles. The van der Waals surface area contributed by atoms with Crippen molar-refractivity contribution < 1.29 is 8.85 Å². The van der Waals surface area contributed by atoms with E-state index in [2.05, 4.69) is 122 Å². The van der Waals surface area contributed by atoms with Gasteiger partial charge in [-0.1, -0.05) is 121 Å². The van der Waals surface area contributed by atoms with Gasteiger partial charge in [-0.2, -0.15) is 0 Å². The third kappa shape index (κ3) is 6.81. The normalized spacial score (nSPS) is 38.0. The predicted octanol–water partition coefficient (Wildman–Crippen LogP) is 13.1. The second-order valence-corrected chi connectivity index (χ2v) is 30.8. The average Bonchev–Trinajstić information content (AvgIpc) is 3.15. The Bertz CT molecular complexity index is 1070. The maximum atomic E-state index is 7.52. The van der Waals surface area contributed by atoms with Gasteiger partial charge in [0.25, 0.3) is 0 Å². The van der Waals surface area contributed by atoms with Crippen molar-refractivity contribution in [1.82, 2.24) is 0 Å². The Hall–Kier alpha value is 0.0938. The van der Waals surface area contributed by atoms with E-state index in [9.17, 15) is 0 Å². The highest BCUT2D eigenvalue weighted by atomic mass is 28.4. The number of fused-ring (bicyclic) bond motifs is 5. The fourth-order valence-corrected chi connectivity index (χ4v) is 13.7. The minimum absolute atomic E-state index is 0.103. The van der Waals surface area contributed by atoms with Crippen LogP contribution in [0.25, 0.3) is 0 Å². The van der Waals surface area contributed by atoms with Crippen LogP contribution in [0.1, 0.15) is 148 Å². The molecule has 4 rings (SSSR count). The van der Waals surface area contributed by atoms with E-state index in [0.29, 0.717) is 29.0 Å². The van der Waals surface area contributed by atoms with Gasteiger partial charge < -0.3 is 8.85 Å². The van der Waals surface area contributed by atoms with Crippen molar-refractivity contribution >= 4 is 16.6 Å². The molecule has 9 atom stereocenters. The van der Waals surface area contributed by atoms with E-state index in [1.165, 1.54) is 57.8 Å². The summed E-state index contributed by atoms with van der Waals surface area (Å²) in [6.45, 7) is 42.3. The first-order valence-electron chi connectivity index (χ1n) is 19.4. The molecule has 0 aromatic rings. The summed E-state index contributed by atoms with van der Waals surface area (Å²) in [7, 11) is -3.71. The van der Waals surface area contributed by atoms with E-state index in [1.54, 1.807) is 5.57 Å². The van der Waals surface area contributed by atoms with Crippen molar-refractivity contribution in [1.29, 1.82) is 0 Å². The molecule has 3 fully saturated rings. The summed E-state index contributed by atoms with van der Waals surface area (Å²) >= 11 is 0. The largest absolute Gasteiger partial charge is 0.414 e. The third-order valence-electron chi connectivity index (χ3n) is 15.5. The summed E-state index contributed by atoms with van der Waals surface area (Å²) in [5, 5.41) is 0.500. The Morgan fingerprint density at radius 2 is 1.38 bits per heavy atom. The second-order valence-electron chi connectivity index (χ2n) is 21.3. The quantitative estimate of drug-likeness (QED) is 0.181. The predicted molar refractivity (Wildman–Crippen MR) is 202 cm³/mol. The van der Waals surface area contributed by atoms with Gasteiger partial charge in [0.15, 0.2) is 16.6 Å². The van der Waals surface area contributed by atoms with Gasteiger partial charge in [-0.05, 0) is 121 Å². The Morgan fingerprint density at radius 3 is 1.93 bits per heavy atom. The zero-order valence-electron chi connectivity index (χ0n) is 33.4. The van der Waals surface area contributed by atoms with Crippen molar-refractivity contribution in [3.05, 3.63) is 11.6 Å². The van der Waals surface area contributed by atoms with Gasteiger partial charge in [0.1, 0.15) is 0 Å². The first-order valence-corrected chi connectivity index (χ1v) is 25.2. The summed E-state index contributed by atoms with van der Waals surface area (Å²) in [6.07, 6.45) is 15.5. The van der Waals surface area contributed by atoms with Crippen LogP contribution in [0.5, 0.6) is 0 Å². The summed E-state index contributed by atoms with van der Waals surface area (Å²) in [4.78, 5) is 0. The van der Waals surface area contributed by atoms with Crippen molar-refractivity contribution in [3.8, 4) is 0 Å². The lowest BCUT2D eigenvalue weighted by atomic mass is 9.44. The summed E-state index contributed by atoms with van der Waals surface area (Å²) in [5.41, 5.74) is 2.55. The zero-order valence-corrected chi connectivity index (χ0v) is 35.4. The molecule has 3 saturated carbocycles. The molecule has 0 unspecified atom stereocenters. The lowest BCUT2D eigenvalue weighted by molar-refractivity contribution is -0.0781. The molecule has 4 heteroatoms. The fourth-order valence-electron chi connectivity index (χ4n) is 10.9. The maximum absolute atomic E-state index is 7.52. The highest BCUT2D eigenvalue weighted by Gasteiger charge is 2.64. The topological polar surface area (TPSA) is 18.5 Å². The monoisotopic (exact) mass is 659 g/mol. The van der Waals surface area contributed by atoms with E-state index in [-0.39, 0.29) is 15.5 Å². The van der Waals surface area contributed by atoms with Crippen LogP contribution in [0.4, 0.5) is 0 Å². The van der Waals surface area contributed by atoms with Crippen LogP contribution in [-0.4, -0.2) is 28.8 Å². The van der Waals surface area contributed by atoms with Gasteiger partial charge in [0.2, 0.25) is 0 Å². The van der Waals surface area contributed by atoms with Crippen molar-refractivity contribution in [2.75, 3.05) is 0 Å². The van der Waals surface area contributed by atoms with E-state index < -0.39 is 16.6 Å². The Labute approximate surface area is 284 Å². The molecule has 4 aliphatic rings. The first-order chi connectivity index (χ1) is 20.3. The molecule has 0 amide bonds. The molecule has 45 heavy (non-hydrogen) atoms. The van der Waals surface area contributed by atoms with Gasteiger partial charge in [-0.3, -0.25) is 0 Å². The number of hydrogen-bond acceptors (Lipinski definition) is 2. The molecule has 4 aliphatic carbocycles.